The smallest absolute Gasteiger partial charge is 0.260 e. The zero-order valence-electron chi connectivity index (χ0n) is 4.92. The lowest BCUT2D eigenvalue weighted by molar-refractivity contribution is 0.273. The van der Waals surface area contributed by atoms with Crippen molar-refractivity contribution in [3.8, 4) is 0 Å². The quantitative estimate of drug-likeness (QED) is 0.446. The molecule has 0 saturated carbocycles. The van der Waals surface area contributed by atoms with Crippen LogP contribution in [0.25, 0.3) is 0 Å². The Hall–Kier alpha value is -0.550. The number of sulfonamides is 2. The van der Waals surface area contributed by atoms with Crippen LogP contribution in [0.2, 0.25) is 0 Å². The van der Waals surface area contributed by atoms with Gasteiger partial charge in [0, 0.05) is 5.48 Å². The van der Waals surface area contributed by atoms with E-state index in [-0.39, 0.29) is 5.48 Å². The van der Waals surface area contributed by atoms with E-state index in [0.717, 1.165) is 0 Å². The van der Waals surface area contributed by atoms with E-state index < -0.39 is 24.5 Å². The summed E-state index contributed by atoms with van der Waals surface area (Å²) in [6.45, 7) is 0. The lowest BCUT2D eigenvalue weighted by Crippen LogP contribution is -2.33. The predicted molar refractivity (Wildman–Crippen MR) is 32.3 cm³/mol. The molecule has 10 heteroatoms. The highest BCUT2D eigenvalue weighted by Gasteiger charge is 2.28. The summed E-state index contributed by atoms with van der Waals surface area (Å²) in [5, 5.41) is 8.26. The minimum Gasteiger partial charge on any atom is -0.260 e. The summed E-state index contributed by atoms with van der Waals surface area (Å²) in [5.74, 6) is 0. The minimum atomic E-state index is -4.71. The molecule has 0 fully saturated rings. The SMILES string of the molecule is NS(=O)(=O)C(=O)S(N)(=O)=O.[O]. The molecule has 0 bridgehead atoms. The van der Waals surface area contributed by atoms with Crippen molar-refractivity contribution in [3.05, 3.63) is 0 Å². The van der Waals surface area contributed by atoms with E-state index in [4.69, 9.17) is 0 Å². The van der Waals surface area contributed by atoms with Crippen LogP contribution in [-0.2, 0) is 25.5 Å². The first-order valence-electron chi connectivity index (χ1n) is 1.75. The second-order valence-electron chi connectivity index (χ2n) is 1.34. The van der Waals surface area contributed by atoms with Crippen LogP contribution in [0.15, 0.2) is 0 Å². The minimum absolute atomic E-state index is 0. The summed E-state index contributed by atoms with van der Waals surface area (Å²) in [7, 11) is -9.42. The fourth-order valence-electron chi connectivity index (χ4n) is 0.162. The molecule has 4 N–H and O–H groups in total. The number of carbonyl (C=O) groups excluding carboxylic acids is 1. The van der Waals surface area contributed by atoms with Gasteiger partial charge in [0.15, 0.2) is 0 Å². The van der Waals surface area contributed by atoms with Crippen LogP contribution in [0.3, 0.4) is 0 Å². The van der Waals surface area contributed by atoms with E-state index in [2.05, 4.69) is 10.3 Å². The molecule has 2 radical (unpaired) electrons. The van der Waals surface area contributed by atoms with Crippen molar-refractivity contribution in [3.63, 3.8) is 0 Å². The Morgan fingerprint density at radius 1 is 0.909 bits per heavy atom. The summed E-state index contributed by atoms with van der Waals surface area (Å²) in [5.41, 5.74) is 0. The number of nitrogens with two attached hydrogens (primary N) is 2. The van der Waals surface area contributed by atoms with Crippen LogP contribution < -0.4 is 10.3 Å². The van der Waals surface area contributed by atoms with Crippen molar-refractivity contribution >= 4 is 24.5 Å². The number of primary sulfonamides is 2. The van der Waals surface area contributed by atoms with Gasteiger partial charge in [-0.1, -0.05) is 0 Å². The van der Waals surface area contributed by atoms with Gasteiger partial charge in [-0.15, -0.1) is 0 Å². The van der Waals surface area contributed by atoms with E-state index in [9.17, 15) is 21.6 Å². The monoisotopic (exact) mass is 204 g/mol. The Labute approximate surface area is 62.6 Å². The Bertz CT molecular complexity index is 301. The summed E-state index contributed by atoms with van der Waals surface area (Å²) in [6, 6.07) is 0. The van der Waals surface area contributed by atoms with E-state index in [1.54, 1.807) is 0 Å². The van der Waals surface area contributed by atoms with Crippen molar-refractivity contribution in [2.45, 2.75) is 0 Å². The van der Waals surface area contributed by atoms with Gasteiger partial charge in [0.25, 0.3) is 20.0 Å². The average Bonchev–Trinajstić information content (AvgIpc) is 1.59. The Morgan fingerprint density at radius 3 is 1.09 bits per heavy atom. The van der Waals surface area contributed by atoms with Gasteiger partial charge < -0.3 is 0 Å². The lowest BCUT2D eigenvalue weighted by atomic mass is 11.8. The summed E-state index contributed by atoms with van der Waals surface area (Å²) >= 11 is 0. The molecule has 0 aromatic heterocycles. The van der Waals surface area contributed by atoms with Crippen LogP contribution in [-0.4, -0.2) is 21.3 Å². The zero-order chi connectivity index (χ0) is 8.58. The van der Waals surface area contributed by atoms with E-state index in [1.165, 1.54) is 0 Å². The molecular formula is CH4N2O6S2. The molecule has 0 heterocycles. The lowest BCUT2D eigenvalue weighted by Gasteiger charge is -1.90. The van der Waals surface area contributed by atoms with Gasteiger partial charge in [-0.05, 0) is 0 Å². The molecule has 0 amide bonds. The molecule has 11 heavy (non-hydrogen) atoms. The molecule has 0 aliphatic carbocycles. The first-order chi connectivity index (χ1) is 4.15. The number of carbonyl (C=O) groups is 1. The third-order valence-electron chi connectivity index (χ3n) is 0.465. The fraction of sp³-hybridized carbons (Fsp3) is 0. The standard InChI is InChI=1S/CH4N2O5S2.O/c2-9(5,6)1(4)10(3,7)8;/h(H2,2,5,6)(H2,3,7,8);. The van der Waals surface area contributed by atoms with Gasteiger partial charge in [0.05, 0.1) is 0 Å². The van der Waals surface area contributed by atoms with Gasteiger partial charge in [0.1, 0.15) is 0 Å². The Balaban J connectivity index is 0. The van der Waals surface area contributed by atoms with E-state index in [1.807, 2.05) is 0 Å². The molecular weight excluding hydrogens is 200 g/mol. The van der Waals surface area contributed by atoms with Gasteiger partial charge in [-0.3, -0.25) is 4.79 Å². The van der Waals surface area contributed by atoms with Crippen LogP contribution >= 0.6 is 0 Å². The second kappa shape index (κ2) is 3.23. The normalized spacial score (nSPS) is 11.8. The molecule has 0 aromatic rings. The molecule has 0 aromatic carbocycles. The summed E-state index contributed by atoms with van der Waals surface area (Å²) in [4.78, 5) is 10.1. The average molecular weight is 204 g/mol. The van der Waals surface area contributed by atoms with Crippen molar-refractivity contribution in [2.75, 3.05) is 0 Å². The van der Waals surface area contributed by atoms with Gasteiger partial charge in [-0.2, -0.15) is 0 Å². The maximum atomic E-state index is 10.1. The number of hydrogen-bond donors (Lipinski definition) is 2. The van der Waals surface area contributed by atoms with E-state index in [0.29, 0.717) is 0 Å². The molecule has 0 aliphatic rings. The van der Waals surface area contributed by atoms with Gasteiger partial charge in [0.2, 0.25) is 0 Å². The Morgan fingerprint density at radius 2 is 1.09 bits per heavy atom. The maximum Gasteiger partial charge on any atom is 0.389 e. The molecule has 0 rings (SSSR count). The van der Waals surface area contributed by atoms with Crippen molar-refractivity contribution in [2.24, 2.45) is 10.3 Å². The highest BCUT2D eigenvalue weighted by atomic mass is 32.3. The molecule has 0 saturated heterocycles. The number of rotatable bonds is 0. The third-order valence-corrected chi connectivity index (χ3v) is 2.79. The summed E-state index contributed by atoms with van der Waals surface area (Å²) < 4.78 is 37.6. The number of hydrogen-bond acceptors (Lipinski definition) is 5. The van der Waals surface area contributed by atoms with Crippen molar-refractivity contribution < 1.29 is 27.1 Å². The second-order valence-corrected chi connectivity index (χ2v) is 4.52. The largest absolute Gasteiger partial charge is 0.389 e. The van der Waals surface area contributed by atoms with Crippen molar-refractivity contribution in [1.29, 1.82) is 0 Å². The van der Waals surface area contributed by atoms with Crippen LogP contribution in [0.1, 0.15) is 0 Å². The van der Waals surface area contributed by atoms with E-state index >= 15 is 0 Å². The van der Waals surface area contributed by atoms with Gasteiger partial charge >= 0.3 is 4.45 Å². The Kier molecular flexibility index (Phi) is 3.84. The maximum absolute atomic E-state index is 10.1. The zero-order valence-corrected chi connectivity index (χ0v) is 6.55. The van der Waals surface area contributed by atoms with Crippen LogP contribution in [0.4, 0.5) is 4.79 Å². The van der Waals surface area contributed by atoms with Crippen LogP contribution in [0.5, 0.6) is 0 Å². The third kappa shape index (κ3) is 4.00. The van der Waals surface area contributed by atoms with Crippen molar-refractivity contribution in [1.82, 2.24) is 0 Å². The first-order valence-corrected chi connectivity index (χ1v) is 4.84. The molecule has 8 nitrogen and oxygen atoms in total. The molecule has 0 aliphatic heterocycles. The summed E-state index contributed by atoms with van der Waals surface area (Å²) in [6.07, 6.45) is 0. The molecule has 0 unspecified atom stereocenters. The highest BCUT2D eigenvalue weighted by molar-refractivity contribution is 8.29. The molecule has 0 atom stereocenters. The highest BCUT2D eigenvalue weighted by Crippen LogP contribution is 1.90. The van der Waals surface area contributed by atoms with Crippen LogP contribution in [0, 0.1) is 0 Å². The van der Waals surface area contributed by atoms with Gasteiger partial charge in [-0.25, -0.2) is 27.1 Å². The molecule has 66 valence electrons. The first kappa shape index (κ1) is 13.1. The topological polar surface area (TPSA) is 166 Å². The molecule has 0 spiro atoms. The predicted octanol–water partition coefficient (Wildman–Crippen LogP) is -2.44. The fourth-order valence-corrected chi connectivity index (χ4v) is 1.46.